The van der Waals surface area contributed by atoms with Crippen LogP contribution in [0.3, 0.4) is 0 Å². The lowest BCUT2D eigenvalue weighted by molar-refractivity contribution is 0.621. The summed E-state index contributed by atoms with van der Waals surface area (Å²) >= 11 is 0. The minimum atomic E-state index is -0.459. The average molecular weight is 280 g/mol. The van der Waals surface area contributed by atoms with Crippen molar-refractivity contribution < 1.29 is 4.39 Å². The first-order valence-electron chi connectivity index (χ1n) is 6.54. The molecule has 0 aliphatic rings. The fourth-order valence-corrected chi connectivity index (χ4v) is 1.97. The van der Waals surface area contributed by atoms with E-state index in [0.717, 1.165) is 11.3 Å². The van der Waals surface area contributed by atoms with E-state index in [9.17, 15) is 4.39 Å². The Balaban J connectivity index is 1.84. The van der Waals surface area contributed by atoms with Gasteiger partial charge >= 0.3 is 0 Å². The molecule has 104 valence electrons. The maximum Gasteiger partial charge on any atom is 0.191 e. The highest BCUT2D eigenvalue weighted by Crippen LogP contribution is 2.23. The zero-order chi connectivity index (χ0) is 14.5. The van der Waals surface area contributed by atoms with E-state index in [0.29, 0.717) is 6.54 Å². The van der Waals surface area contributed by atoms with Crippen LogP contribution < -0.4 is 5.32 Å². The second kappa shape index (κ2) is 6.09. The Labute approximate surface area is 121 Å². The van der Waals surface area contributed by atoms with Crippen LogP contribution in [0, 0.1) is 5.82 Å². The lowest BCUT2D eigenvalue weighted by Gasteiger charge is -2.08. The Morgan fingerprint density at radius 2 is 1.71 bits per heavy atom. The molecule has 0 saturated carbocycles. The highest BCUT2D eigenvalue weighted by molar-refractivity contribution is 5.63. The van der Waals surface area contributed by atoms with E-state index >= 15 is 0 Å². The molecule has 0 fully saturated rings. The molecule has 2 aromatic heterocycles. The van der Waals surface area contributed by atoms with Gasteiger partial charge in [0.1, 0.15) is 12.0 Å². The summed E-state index contributed by atoms with van der Waals surface area (Å²) in [6.07, 6.45) is 3.05. The third-order valence-corrected chi connectivity index (χ3v) is 3.00. The molecular formula is C16H13FN4. The Kier molecular flexibility index (Phi) is 3.82. The van der Waals surface area contributed by atoms with Crippen molar-refractivity contribution in [2.75, 3.05) is 5.32 Å². The number of benzene rings is 1. The van der Waals surface area contributed by atoms with Gasteiger partial charge in [-0.25, -0.2) is 14.4 Å². The van der Waals surface area contributed by atoms with E-state index in [1.54, 1.807) is 6.20 Å². The van der Waals surface area contributed by atoms with E-state index < -0.39 is 5.82 Å². The lowest BCUT2D eigenvalue weighted by atomic mass is 10.1. The van der Waals surface area contributed by atoms with E-state index in [2.05, 4.69) is 20.3 Å². The number of aromatic nitrogens is 3. The van der Waals surface area contributed by atoms with Crippen LogP contribution in [-0.4, -0.2) is 15.0 Å². The summed E-state index contributed by atoms with van der Waals surface area (Å²) in [6.45, 7) is 0.406. The zero-order valence-corrected chi connectivity index (χ0v) is 11.2. The van der Waals surface area contributed by atoms with E-state index in [1.165, 1.54) is 6.33 Å². The van der Waals surface area contributed by atoms with E-state index in [-0.39, 0.29) is 11.5 Å². The van der Waals surface area contributed by atoms with Gasteiger partial charge < -0.3 is 5.32 Å². The standard InChI is InChI=1S/C16H13FN4/c17-14-15(12-6-2-1-3-7-12)20-11-21-16(14)19-10-13-8-4-5-9-18-13/h1-9,11H,10H2,(H,19,20,21). The van der Waals surface area contributed by atoms with Gasteiger partial charge in [-0.1, -0.05) is 36.4 Å². The summed E-state index contributed by atoms with van der Waals surface area (Å²) in [5.41, 5.74) is 1.82. The Morgan fingerprint density at radius 1 is 0.905 bits per heavy atom. The smallest absolute Gasteiger partial charge is 0.191 e. The number of anilines is 1. The molecule has 4 nitrogen and oxygen atoms in total. The quantitative estimate of drug-likeness (QED) is 0.796. The molecule has 0 atom stereocenters. The molecule has 2 heterocycles. The molecule has 5 heteroatoms. The highest BCUT2D eigenvalue weighted by Gasteiger charge is 2.12. The fraction of sp³-hybridized carbons (Fsp3) is 0.0625. The van der Waals surface area contributed by atoms with Crippen molar-refractivity contribution in [1.29, 1.82) is 0 Å². The van der Waals surface area contributed by atoms with Gasteiger partial charge in [-0.3, -0.25) is 4.98 Å². The van der Waals surface area contributed by atoms with Crippen LogP contribution in [0.15, 0.2) is 61.1 Å². The molecule has 0 amide bonds. The predicted octanol–water partition coefficient (Wildman–Crippen LogP) is 3.29. The largest absolute Gasteiger partial charge is 0.362 e. The third kappa shape index (κ3) is 3.02. The SMILES string of the molecule is Fc1c(NCc2ccccn2)ncnc1-c1ccccc1. The summed E-state index contributed by atoms with van der Waals surface area (Å²) in [5.74, 6) is -0.283. The van der Waals surface area contributed by atoms with Gasteiger partial charge in [0.05, 0.1) is 12.2 Å². The summed E-state index contributed by atoms with van der Waals surface area (Å²) < 4.78 is 14.5. The predicted molar refractivity (Wildman–Crippen MR) is 79.0 cm³/mol. The molecule has 0 radical (unpaired) electrons. The van der Waals surface area contributed by atoms with Crippen LogP contribution in [0.2, 0.25) is 0 Å². The molecule has 1 aromatic carbocycles. The molecule has 1 N–H and O–H groups in total. The highest BCUT2D eigenvalue weighted by atomic mass is 19.1. The normalized spacial score (nSPS) is 10.3. The van der Waals surface area contributed by atoms with Crippen LogP contribution in [0.25, 0.3) is 11.3 Å². The number of pyridine rings is 1. The third-order valence-electron chi connectivity index (χ3n) is 3.00. The first-order chi connectivity index (χ1) is 10.3. The number of hydrogen-bond donors (Lipinski definition) is 1. The van der Waals surface area contributed by atoms with E-state index in [4.69, 9.17) is 0 Å². The topological polar surface area (TPSA) is 50.7 Å². The Bertz CT molecular complexity index is 717. The summed E-state index contributed by atoms with van der Waals surface area (Å²) in [4.78, 5) is 12.2. The second-order valence-corrected chi connectivity index (χ2v) is 4.43. The zero-order valence-electron chi connectivity index (χ0n) is 11.2. The minimum absolute atomic E-state index is 0.175. The van der Waals surface area contributed by atoms with Gasteiger partial charge in [0, 0.05) is 11.8 Å². The molecule has 21 heavy (non-hydrogen) atoms. The first kappa shape index (κ1) is 13.2. The van der Waals surface area contributed by atoms with Crippen LogP contribution in [0.4, 0.5) is 10.2 Å². The van der Waals surface area contributed by atoms with Crippen LogP contribution >= 0.6 is 0 Å². The summed E-state index contributed by atoms with van der Waals surface area (Å²) in [6, 6.07) is 14.8. The maximum absolute atomic E-state index is 14.5. The average Bonchev–Trinajstić information content (AvgIpc) is 2.56. The van der Waals surface area contributed by atoms with Crippen molar-refractivity contribution >= 4 is 5.82 Å². The van der Waals surface area contributed by atoms with Gasteiger partial charge in [-0.05, 0) is 12.1 Å². The van der Waals surface area contributed by atoms with Gasteiger partial charge in [0.2, 0.25) is 0 Å². The van der Waals surface area contributed by atoms with Crippen molar-refractivity contribution in [3.63, 3.8) is 0 Å². The summed E-state index contributed by atoms with van der Waals surface area (Å²) in [7, 11) is 0. The number of nitrogens with one attached hydrogen (secondary N) is 1. The number of rotatable bonds is 4. The van der Waals surface area contributed by atoms with Gasteiger partial charge in [-0.15, -0.1) is 0 Å². The van der Waals surface area contributed by atoms with Crippen LogP contribution in [0.5, 0.6) is 0 Å². The first-order valence-corrected chi connectivity index (χ1v) is 6.54. The molecule has 0 unspecified atom stereocenters. The van der Waals surface area contributed by atoms with Crippen LogP contribution in [0.1, 0.15) is 5.69 Å². The Morgan fingerprint density at radius 3 is 2.48 bits per heavy atom. The molecule has 0 bridgehead atoms. The lowest BCUT2D eigenvalue weighted by Crippen LogP contribution is -2.06. The minimum Gasteiger partial charge on any atom is -0.362 e. The van der Waals surface area contributed by atoms with Crippen molar-refractivity contribution in [1.82, 2.24) is 15.0 Å². The molecule has 3 aromatic rings. The monoisotopic (exact) mass is 280 g/mol. The van der Waals surface area contributed by atoms with Gasteiger partial charge in [0.15, 0.2) is 11.6 Å². The maximum atomic E-state index is 14.5. The molecule has 0 aliphatic carbocycles. The van der Waals surface area contributed by atoms with Gasteiger partial charge in [0.25, 0.3) is 0 Å². The molecule has 0 spiro atoms. The van der Waals surface area contributed by atoms with Crippen molar-refractivity contribution in [2.45, 2.75) is 6.54 Å². The molecule has 0 aliphatic heterocycles. The fourth-order valence-electron chi connectivity index (χ4n) is 1.97. The Hall–Kier alpha value is -2.82. The van der Waals surface area contributed by atoms with Crippen molar-refractivity contribution in [2.24, 2.45) is 0 Å². The molecule has 3 rings (SSSR count). The summed E-state index contributed by atoms with van der Waals surface area (Å²) in [5, 5.41) is 2.95. The van der Waals surface area contributed by atoms with Crippen LogP contribution in [-0.2, 0) is 6.54 Å². The number of hydrogen-bond acceptors (Lipinski definition) is 4. The number of halogens is 1. The molecular weight excluding hydrogens is 267 g/mol. The molecule has 0 saturated heterocycles. The van der Waals surface area contributed by atoms with Gasteiger partial charge in [-0.2, -0.15) is 0 Å². The second-order valence-electron chi connectivity index (χ2n) is 4.43. The van der Waals surface area contributed by atoms with Crippen molar-refractivity contribution in [3.05, 3.63) is 72.6 Å². The van der Waals surface area contributed by atoms with E-state index in [1.807, 2.05) is 48.5 Å². The van der Waals surface area contributed by atoms with Crippen molar-refractivity contribution in [3.8, 4) is 11.3 Å². The number of nitrogens with zero attached hydrogens (tertiary/aromatic N) is 3.